The van der Waals surface area contributed by atoms with Gasteiger partial charge in [-0.15, -0.1) is 6.42 Å². The second-order valence-corrected chi connectivity index (χ2v) is 4.56. The van der Waals surface area contributed by atoms with E-state index in [0.717, 1.165) is 0 Å². The minimum atomic E-state index is -0.200. The fourth-order valence-electron chi connectivity index (χ4n) is 1.79. The standard InChI is InChI=1S/C16H21N3O3/c1-4-9-17-15(20)11-19(5-2)12-16(21)18-13-7-6-8-14(10-13)22-3/h1,6-8,10H,5,9,11-12H2,2-3H3,(H,17,20)(H,18,21). The fraction of sp³-hybridized carbons (Fsp3) is 0.375. The minimum Gasteiger partial charge on any atom is -0.497 e. The largest absolute Gasteiger partial charge is 0.497 e. The van der Waals surface area contributed by atoms with Crippen molar-refractivity contribution in [2.45, 2.75) is 6.92 Å². The van der Waals surface area contributed by atoms with Crippen molar-refractivity contribution in [3.05, 3.63) is 24.3 Å². The summed E-state index contributed by atoms with van der Waals surface area (Å²) in [6.07, 6.45) is 5.08. The van der Waals surface area contributed by atoms with Crippen LogP contribution in [0.15, 0.2) is 24.3 Å². The van der Waals surface area contributed by atoms with E-state index in [1.165, 1.54) is 0 Å². The number of carbonyl (C=O) groups excluding carboxylic acids is 2. The second-order valence-electron chi connectivity index (χ2n) is 4.56. The average molecular weight is 303 g/mol. The minimum absolute atomic E-state index is 0.122. The number of nitrogens with one attached hydrogen (secondary N) is 2. The van der Waals surface area contributed by atoms with Gasteiger partial charge in [0.25, 0.3) is 0 Å². The third-order valence-electron chi connectivity index (χ3n) is 2.92. The van der Waals surface area contributed by atoms with Crippen molar-refractivity contribution in [3.8, 4) is 18.1 Å². The van der Waals surface area contributed by atoms with E-state index in [2.05, 4.69) is 16.6 Å². The molecule has 2 N–H and O–H groups in total. The maximum Gasteiger partial charge on any atom is 0.238 e. The van der Waals surface area contributed by atoms with Crippen LogP contribution in [0.2, 0.25) is 0 Å². The number of rotatable bonds is 8. The summed E-state index contributed by atoms with van der Waals surface area (Å²) in [6.45, 7) is 2.90. The summed E-state index contributed by atoms with van der Waals surface area (Å²) in [5.74, 6) is 2.60. The Morgan fingerprint density at radius 1 is 1.32 bits per heavy atom. The smallest absolute Gasteiger partial charge is 0.238 e. The molecule has 6 nitrogen and oxygen atoms in total. The van der Waals surface area contributed by atoms with Crippen molar-refractivity contribution < 1.29 is 14.3 Å². The first kappa shape index (κ1) is 17.5. The van der Waals surface area contributed by atoms with Crippen LogP contribution in [0.5, 0.6) is 5.75 Å². The van der Waals surface area contributed by atoms with Crippen LogP contribution in [0.25, 0.3) is 0 Å². The van der Waals surface area contributed by atoms with Crippen molar-refractivity contribution in [1.82, 2.24) is 10.2 Å². The molecule has 0 aliphatic carbocycles. The number of nitrogens with zero attached hydrogens (tertiary/aromatic N) is 1. The van der Waals surface area contributed by atoms with E-state index in [1.54, 1.807) is 36.3 Å². The van der Waals surface area contributed by atoms with Crippen LogP contribution in [0.3, 0.4) is 0 Å². The van der Waals surface area contributed by atoms with E-state index < -0.39 is 0 Å². The third-order valence-corrected chi connectivity index (χ3v) is 2.92. The summed E-state index contributed by atoms with van der Waals surface area (Å²) in [5, 5.41) is 5.34. The lowest BCUT2D eigenvalue weighted by molar-refractivity contribution is -0.123. The Hall–Kier alpha value is -2.52. The number of terminal acetylenes is 1. The zero-order chi connectivity index (χ0) is 16.4. The molecule has 0 radical (unpaired) electrons. The van der Waals surface area contributed by atoms with Gasteiger partial charge in [0.05, 0.1) is 26.7 Å². The Kier molecular flexibility index (Phi) is 7.51. The van der Waals surface area contributed by atoms with E-state index in [4.69, 9.17) is 11.2 Å². The molecule has 0 saturated heterocycles. The van der Waals surface area contributed by atoms with Gasteiger partial charge in [0, 0.05) is 11.8 Å². The van der Waals surface area contributed by atoms with Crippen LogP contribution in [-0.2, 0) is 9.59 Å². The molecule has 118 valence electrons. The quantitative estimate of drug-likeness (QED) is 0.694. The van der Waals surface area contributed by atoms with E-state index in [-0.39, 0.29) is 31.4 Å². The highest BCUT2D eigenvalue weighted by molar-refractivity contribution is 5.92. The predicted octanol–water partition coefficient (Wildman–Crippen LogP) is 0.705. The van der Waals surface area contributed by atoms with Crippen molar-refractivity contribution in [2.24, 2.45) is 0 Å². The number of benzene rings is 1. The molecule has 0 atom stereocenters. The maximum absolute atomic E-state index is 12.0. The van der Waals surface area contributed by atoms with Gasteiger partial charge in [0.1, 0.15) is 5.75 Å². The lowest BCUT2D eigenvalue weighted by Gasteiger charge is -2.19. The third kappa shape index (κ3) is 6.29. The lowest BCUT2D eigenvalue weighted by atomic mass is 10.3. The maximum atomic E-state index is 12.0. The second kappa shape index (κ2) is 9.42. The first-order chi connectivity index (χ1) is 10.6. The Morgan fingerprint density at radius 3 is 2.68 bits per heavy atom. The van der Waals surface area contributed by atoms with Crippen molar-refractivity contribution in [1.29, 1.82) is 0 Å². The monoisotopic (exact) mass is 303 g/mol. The predicted molar refractivity (Wildman–Crippen MR) is 85.6 cm³/mol. The van der Waals surface area contributed by atoms with Gasteiger partial charge in [-0.2, -0.15) is 0 Å². The van der Waals surface area contributed by atoms with Gasteiger partial charge in [-0.1, -0.05) is 18.9 Å². The first-order valence-electron chi connectivity index (χ1n) is 6.95. The van der Waals surface area contributed by atoms with Crippen molar-refractivity contribution >= 4 is 17.5 Å². The number of hydrogen-bond acceptors (Lipinski definition) is 4. The number of amides is 2. The van der Waals surface area contributed by atoms with Gasteiger partial charge in [-0.3, -0.25) is 14.5 Å². The van der Waals surface area contributed by atoms with Gasteiger partial charge in [0.2, 0.25) is 11.8 Å². The summed E-state index contributed by atoms with van der Waals surface area (Å²) in [5.41, 5.74) is 0.650. The van der Waals surface area contributed by atoms with Crippen molar-refractivity contribution in [2.75, 3.05) is 38.6 Å². The summed E-state index contributed by atoms with van der Waals surface area (Å²) in [7, 11) is 1.56. The van der Waals surface area contributed by atoms with Crippen molar-refractivity contribution in [3.63, 3.8) is 0 Å². The molecule has 2 amide bonds. The zero-order valence-electron chi connectivity index (χ0n) is 12.9. The van der Waals surface area contributed by atoms with Crippen LogP contribution in [0, 0.1) is 12.3 Å². The molecule has 0 unspecified atom stereocenters. The van der Waals surface area contributed by atoms with Gasteiger partial charge >= 0.3 is 0 Å². The number of likely N-dealkylation sites (N-methyl/N-ethyl adjacent to an activating group) is 1. The van der Waals surface area contributed by atoms with Gasteiger partial charge in [-0.05, 0) is 18.7 Å². The summed E-state index contributed by atoms with van der Waals surface area (Å²) in [6, 6.07) is 7.09. The molecule has 0 saturated carbocycles. The van der Waals surface area contributed by atoms with E-state index >= 15 is 0 Å². The lowest BCUT2D eigenvalue weighted by Crippen LogP contribution is -2.41. The first-order valence-corrected chi connectivity index (χ1v) is 6.95. The molecule has 0 bridgehead atoms. The van der Waals surface area contributed by atoms with Crippen LogP contribution in [0.4, 0.5) is 5.69 Å². The molecule has 0 fully saturated rings. The van der Waals surface area contributed by atoms with E-state index in [1.807, 2.05) is 6.92 Å². The number of hydrogen-bond donors (Lipinski definition) is 2. The van der Waals surface area contributed by atoms with Crippen LogP contribution in [0.1, 0.15) is 6.92 Å². The highest BCUT2D eigenvalue weighted by Gasteiger charge is 2.13. The van der Waals surface area contributed by atoms with Gasteiger partial charge < -0.3 is 15.4 Å². The molecule has 0 aliphatic rings. The normalized spacial score (nSPS) is 9.91. The Bertz CT molecular complexity index is 552. The number of methoxy groups -OCH3 is 1. The molecule has 0 heterocycles. The Labute approximate surface area is 130 Å². The molecule has 6 heteroatoms. The molecule has 22 heavy (non-hydrogen) atoms. The Morgan fingerprint density at radius 2 is 2.05 bits per heavy atom. The van der Waals surface area contributed by atoms with Crippen LogP contribution < -0.4 is 15.4 Å². The molecule has 0 spiro atoms. The molecule has 1 rings (SSSR count). The summed E-state index contributed by atoms with van der Waals surface area (Å²) >= 11 is 0. The number of carbonyl (C=O) groups is 2. The highest BCUT2D eigenvalue weighted by Crippen LogP contribution is 2.16. The zero-order valence-corrected chi connectivity index (χ0v) is 12.9. The van der Waals surface area contributed by atoms with E-state index in [9.17, 15) is 9.59 Å². The number of ether oxygens (including phenoxy) is 1. The molecular weight excluding hydrogens is 282 g/mol. The molecular formula is C16H21N3O3. The van der Waals surface area contributed by atoms with Gasteiger partial charge in [0.15, 0.2) is 0 Å². The summed E-state index contributed by atoms with van der Waals surface area (Å²) in [4.78, 5) is 25.3. The number of anilines is 1. The molecule has 0 aliphatic heterocycles. The van der Waals surface area contributed by atoms with Crippen LogP contribution >= 0.6 is 0 Å². The summed E-state index contributed by atoms with van der Waals surface area (Å²) < 4.78 is 5.10. The molecule has 1 aromatic rings. The Balaban J connectivity index is 2.50. The topological polar surface area (TPSA) is 70.7 Å². The average Bonchev–Trinajstić information content (AvgIpc) is 2.52. The molecule has 0 aromatic heterocycles. The van der Waals surface area contributed by atoms with E-state index in [0.29, 0.717) is 18.0 Å². The fourth-order valence-corrected chi connectivity index (χ4v) is 1.79. The van der Waals surface area contributed by atoms with Crippen LogP contribution in [-0.4, -0.2) is 50.0 Å². The van der Waals surface area contributed by atoms with Gasteiger partial charge in [-0.25, -0.2) is 0 Å². The molecule has 1 aromatic carbocycles. The highest BCUT2D eigenvalue weighted by atomic mass is 16.5. The SMILES string of the molecule is C#CCNC(=O)CN(CC)CC(=O)Nc1cccc(OC)c1.